The number of nitrogens with zero attached hydrogens (tertiary/aromatic N) is 4. The highest BCUT2D eigenvalue weighted by atomic mass is 16.2. The highest BCUT2D eigenvalue weighted by Crippen LogP contribution is 2.42. The summed E-state index contributed by atoms with van der Waals surface area (Å²) in [4.78, 5) is 33.9. The number of carbonyl (C=O) groups excluding carboxylic acids is 2. The van der Waals surface area contributed by atoms with Gasteiger partial charge in [-0.15, -0.1) is 0 Å². The number of likely N-dealkylation sites (tertiary alicyclic amines) is 2. The Morgan fingerprint density at radius 3 is 2.76 bits per heavy atom. The molecular weight excluding hydrogens is 316 g/mol. The van der Waals surface area contributed by atoms with Crippen LogP contribution in [0.2, 0.25) is 0 Å². The molecule has 4 rings (SSSR count). The van der Waals surface area contributed by atoms with Gasteiger partial charge in [0, 0.05) is 38.1 Å². The Morgan fingerprint density at radius 2 is 2.00 bits per heavy atom. The van der Waals surface area contributed by atoms with Crippen LogP contribution in [-0.2, 0) is 16.1 Å². The summed E-state index contributed by atoms with van der Waals surface area (Å²) < 4.78 is 1.80. The fourth-order valence-electron chi connectivity index (χ4n) is 4.94. The van der Waals surface area contributed by atoms with Gasteiger partial charge in [0.05, 0.1) is 11.7 Å². The van der Waals surface area contributed by atoms with Crippen molar-refractivity contribution in [2.75, 3.05) is 19.6 Å². The van der Waals surface area contributed by atoms with Crippen molar-refractivity contribution in [2.24, 2.45) is 5.41 Å². The molecule has 0 aromatic carbocycles. The van der Waals surface area contributed by atoms with Crippen LogP contribution in [-0.4, -0.2) is 56.8 Å². The molecule has 0 bridgehead atoms. The monoisotopic (exact) mass is 344 g/mol. The third-order valence-corrected chi connectivity index (χ3v) is 6.37. The summed E-state index contributed by atoms with van der Waals surface area (Å²) in [5.74, 6) is 0.418. The first-order chi connectivity index (χ1) is 12.2. The van der Waals surface area contributed by atoms with Crippen molar-refractivity contribution in [1.29, 1.82) is 0 Å². The number of hydrogen-bond donors (Lipinski definition) is 0. The molecule has 136 valence electrons. The lowest BCUT2D eigenvalue weighted by molar-refractivity contribution is -0.149. The van der Waals surface area contributed by atoms with E-state index < -0.39 is 0 Å². The largest absolute Gasteiger partial charge is 0.340 e. The smallest absolute Gasteiger partial charge is 0.242 e. The molecule has 1 aromatic rings. The van der Waals surface area contributed by atoms with Crippen LogP contribution in [0.15, 0.2) is 18.7 Å². The normalized spacial score (nSPS) is 28.1. The van der Waals surface area contributed by atoms with E-state index in [1.54, 1.807) is 23.3 Å². The summed E-state index contributed by atoms with van der Waals surface area (Å²) in [7, 11) is 0. The topological polar surface area (TPSA) is 58.4 Å². The third-order valence-electron chi connectivity index (χ3n) is 6.37. The molecule has 1 aliphatic carbocycles. The third kappa shape index (κ3) is 3.18. The van der Waals surface area contributed by atoms with Gasteiger partial charge in [0.15, 0.2) is 0 Å². The Labute approximate surface area is 149 Å². The number of rotatable bonds is 3. The first kappa shape index (κ1) is 16.6. The minimum absolute atomic E-state index is 0.0949. The molecular formula is C19H28N4O2. The van der Waals surface area contributed by atoms with E-state index >= 15 is 0 Å². The van der Waals surface area contributed by atoms with Gasteiger partial charge < -0.3 is 14.4 Å². The number of amides is 2. The lowest BCUT2D eigenvalue weighted by Gasteiger charge is -2.44. The van der Waals surface area contributed by atoms with Crippen LogP contribution < -0.4 is 0 Å². The highest BCUT2D eigenvalue weighted by molar-refractivity contribution is 5.86. The first-order valence-corrected chi connectivity index (χ1v) is 9.73. The minimum atomic E-state index is -0.319. The van der Waals surface area contributed by atoms with E-state index in [0.717, 1.165) is 38.6 Å². The predicted molar refractivity (Wildman–Crippen MR) is 93.7 cm³/mol. The van der Waals surface area contributed by atoms with Crippen LogP contribution in [0, 0.1) is 5.41 Å². The van der Waals surface area contributed by atoms with Gasteiger partial charge in [-0.05, 0) is 32.1 Å². The van der Waals surface area contributed by atoms with Crippen molar-refractivity contribution in [2.45, 2.75) is 64.0 Å². The summed E-state index contributed by atoms with van der Waals surface area (Å²) >= 11 is 0. The van der Waals surface area contributed by atoms with Gasteiger partial charge in [-0.1, -0.05) is 19.3 Å². The molecule has 1 saturated carbocycles. The fraction of sp³-hybridized carbons (Fsp3) is 0.737. The SMILES string of the molecule is O=C(Cn1ccnc1)N1CCC2(CCCN(C3CCCCC3)C2=O)C1. The second kappa shape index (κ2) is 6.81. The van der Waals surface area contributed by atoms with Crippen LogP contribution in [0.4, 0.5) is 0 Å². The molecule has 3 aliphatic rings. The molecule has 3 fully saturated rings. The van der Waals surface area contributed by atoms with Gasteiger partial charge in [0.1, 0.15) is 6.54 Å². The van der Waals surface area contributed by atoms with Gasteiger partial charge in [0.25, 0.3) is 0 Å². The number of imidazole rings is 1. The van der Waals surface area contributed by atoms with Gasteiger partial charge in [-0.2, -0.15) is 0 Å². The molecule has 6 nitrogen and oxygen atoms in total. The zero-order valence-electron chi connectivity index (χ0n) is 14.9. The molecule has 2 aliphatic heterocycles. The average Bonchev–Trinajstić information content (AvgIpc) is 3.29. The zero-order chi connectivity index (χ0) is 17.3. The molecule has 3 heterocycles. The lowest BCUT2D eigenvalue weighted by atomic mass is 9.77. The Bertz CT molecular complexity index is 623. The van der Waals surface area contributed by atoms with E-state index in [0.29, 0.717) is 31.6 Å². The van der Waals surface area contributed by atoms with E-state index in [4.69, 9.17) is 0 Å². The van der Waals surface area contributed by atoms with Crippen molar-refractivity contribution in [1.82, 2.24) is 19.4 Å². The van der Waals surface area contributed by atoms with Gasteiger partial charge in [-0.3, -0.25) is 9.59 Å². The Hall–Kier alpha value is -1.85. The van der Waals surface area contributed by atoms with Gasteiger partial charge >= 0.3 is 0 Å². The predicted octanol–water partition coefficient (Wildman–Crippen LogP) is 2.06. The van der Waals surface area contributed by atoms with Crippen LogP contribution in [0.5, 0.6) is 0 Å². The quantitative estimate of drug-likeness (QED) is 0.843. The molecule has 0 radical (unpaired) electrons. The average molecular weight is 344 g/mol. The van der Waals surface area contributed by atoms with E-state index in [9.17, 15) is 9.59 Å². The fourth-order valence-corrected chi connectivity index (χ4v) is 4.94. The maximum atomic E-state index is 13.3. The zero-order valence-corrected chi connectivity index (χ0v) is 14.9. The molecule has 0 N–H and O–H groups in total. The number of hydrogen-bond acceptors (Lipinski definition) is 3. The molecule has 1 unspecified atom stereocenters. The first-order valence-electron chi connectivity index (χ1n) is 9.73. The van der Waals surface area contributed by atoms with Gasteiger partial charge in [0.2, 0.25) is 11.8 Å². The lowest BCUT2D eigenvalue weighted by Crippen LogP contribution is -2.54. The standard InChI is InChI=1S/C19H28N4O2/c24-17(13-21-12-9-20-15-21)22-11-8-19(14-22)7-4-10-23(18(19)25)16-5-2-1-3-6-16/h9,12,15-16H,1-8,10-11,13-14H2. The van der Waals surface area contributed by atoms with Gasteiger partial charge in [-0.25, -0.2) is 4.98 Å². The maximum absolute atomic E-state index is 13.3. The number of carbonyl (C=O) groups is 2. The number of aromatic nitrogens is 2. The summed E-state index contributed by atoms with van der Waals surface area (Å²) in [6.07, 6.45) is 14.1. The Balaban J connectivity index is 1.42. The van der Waals surface area contributed by atoms with E-state index in [1.807, 2.05) is 4.90 Å². The molecule has 1 atom stereocenters. The molecule has 2 saturated heterocycles. The van der Waals surface area contributed by atoms with Crippen molar-refractivity contribution < 1.29 is 9.59 Å². The molecule has 1 spiro atoms. The summed E-state index contributed by atoms with van der Waals surface area (Å²) in [6.45, 7) is 2.53. The molecule has 2 amide bonds. The summed E-state index contributed by atoms with van der Waals surface area (Å²) in [6, 6.07) is 0.439. The second-order valence-electron chi connectivity index (χ2n) is 7.97. The van der Waals surface area contributed by atoms with Crippen LogP contribution in [0.3, 0.4) is 0 Å². The van der Waals surface area contributed by atoms with Crippen molar-refractivity contribution in [3.05, 3.63) is 18.7 Å². The van der Waals surface area contributed by atoms with E-state index in [-0.39, 0.29) is 11.3 Å². The van der Waals surface area contributed by atoms with Crippen LogP contribution in [0.1, 0.15) is 51.4 Å². The Kier molecular flexibility index (Phi) is 4.52. The Morgan fingerprint density at radius 1 is 1.16 bits per heavy atom. The summed E-state index contributed by atoms with van der Waals surface area (Å²) in [5.41, 5.74) is -0.319. The molecule has 6 heteroatoms. The molecule has 25 heavy (non-hydrogen) atoms. The highest BCUT2D eigenvalue weighted by Gasteiger charge is 2.50. The van der Waals surface area contributed by atoms with Crippen molar-refractivity contribution in [3.63, 3.8) is 0 Å². The van der Waals surface area contributed by atoms with Crippen molar-refractivity contribution in [3.8, 4) is 0 Å². The number of piperidine rings is 1. The maximum Gasteiger partial charge on any atom is 0.242 e. The van der Waals surface area contributed by atoms with Crippen molar-refractivity contribution >= 4 is 11.8 Å². The van der Waals surface area contributed by atoms with E-state index in [1.165, 1.54) is 19.3 Å². The molecule has 1 aromatic heterocycles. The second-order valence-corrected chi connectivity index (χ2v) is 7.97. The van der Waals surface area contributed by atoms with E-state index in [2.05, 4.69) is 9.88 Å². The minimum Gasteiger partial charge on any atom is -0.340 e. The summed E-state index contributed by atoms with van der Waals surface area (Å²) in [5, 5.41) is 0. The van der Waals surface area contributed by atoms with Crippen LogP contribution in [0.25, 0.3) is 0 Å². The van der Waals surface area contributed by atoms with Crippen LogP contribution >= 0.6 is 0 Å².